The molecule has 4 nitrogen and oxygen atoms in total. The number of nitrogens with one attached hydrogen (secondary N) is 2. The van der Waals surface area contributed by atoms with Crippen molar-refractivity contribution in [2.24, 2.45) is 0 Å². The molecule has 0 saturated carbocycles. The molecule has 0 fully saturated rings. The number of rotatable bonds is 6. The Hall–Kier alpha value is -0.780. The van der Waals surface area contributed by atoms with Crippen molar-refractivity contribution in [2.75, 3.05) is 23.7 Å². The minimum absolute atomic E-state index is 0.471. The second-order valence-electron chi connectivity index (χ2n) is 2.65. The van der Waals surface area contributed by atoms with Crippen LogP contribution in [0.4, 0.5) is 10.3 Å². The summed E-state index contributed by atoms with van der Waals surface area (Å²) >= 11 is 12.6. The van der Waals surface area contributed by atoms with Crippen molar-refractivity contribution < 1.29 is 0 Å². The summed E-state index contributed by atoms with van der Waals surface area (Å²) in [6.45, 7) is 8.04. The van der Waals surface area contributed by atoms with Crippen LogP contribution in [0.1, 0.15) is 0 Å². The number of anilines is 2. The number of hydrogen-bond donors (Lipinski definition) is 2. The zero-order chi connectivity index (χ0) is 11.3. The monoisotopic (exact) mass is 264 g/mol. The average Bonchev–Trinajstić information content (AvgIpc) is 2.59. The fraction of sp³-hybridized carbons (Fsp3) is 0.250. The quantitative estimate of drug-likeness (QED) is 0.830. The van der Waals surface area contributed by atoms with E-state index in [2.05, 4.69) is 34.0 Å². The summed E-state index contributed by atoms with van der Waals surface area (Å²) in [7, 11) is 0. The van der Waals surface area contributed by atoms with Crippen LogP contribution in [0.2, 0.25) is 0 Å². The predicted octanol–water partition coefficient (Wildman–Crippen LogP) is 2.87. The SMILES string of the molecule is C=C(Cl)CNc1nnc(NCC(=C)Cl)s1. The molecular weight excluding hydrogens is 255 g/mol. The largest absolute Gasteiger partial charge is 0.355 e. The van der Waals surface area contributed by atoms with E-state index in [4.69, 9.17) is 23.2 Å². The Kier molecular flexibility index (Phi) is 4.87. The average molecular weight is 265 g/mol. The fourth-order valence-electron chi connectivity index (χ4n) is 0.709. The molecule has 0 amide bonds. The maximum Gasteiger partial charge on any atom is 0.207 e. The summed E-state index contributed by atoms with van der Waals surface area (Å²) < 4.78 is 0. The van der Waals surface area contributed by atoms with E-state index in [0.717, 1.165) is 0 Å². The molecule has 0 aliphatic carbocycles. The fourth-order valence-corrected chi connectivity index (χ4v) is 1.48. The van der Waals surface area contributed by atoms with E-state index in [-0.39, 0.29) is 0 Å². The first-order chi connectivity index (χ1) is 7.08. The van der Waals surface area contributed by atoms with E-state index >= 15 is 0 Å². The van der Waals surface area contributed by atoms with Crippen LogP contribution in [0.5, 0.6) is 0 Å². The van der Waals surface area contributed by atoms with Gasteiger partial charge >= 0.3 is 0 Å². The molecule has 0 saturated heterocycles. The first kappa shape index (κ1) is 12.3. The minimum Gasteiger partial charge on any atom is -0.355 e. The summed E-state index contributed by atoms with van der Waals surface area (Å²) in [6.07, 6.45) is 0. The van der Waals surface area contributed by atoms with Crippen LogP contribution < -0.4 is 10.6 Å². The van der Waals surface area contributed by atoms with E-state index in [0.29, 0.717) is 33.4 Å². The highest BCUT2D eigenvalue weighted by atomic mass is 35.5. The van der Waals surface area contributed by atoms with E-state index in [9.17, 15) is 0 Å². The summed E-state index contributed by atoms with van der Waals surface area (Å²) in [5.74, 6) is 0. The molecule has 1 aromatic heterocycles. The van der Waals surface area contributed by atoms with E-state index in [1.807, 2.05) is 0 Å². The molecule has 15 heavy (non-hydrogen) atoms. The molecule has 0 spiro atoms. The second kappa shape index (κ2) is 5.95. The van der Waals surface area contributed by atoms with Crippen molar-refractivity contribution in [1.82, 2.24) is 10.2 Å². The molecule has 0 aromatic carbocycles. The zero-order valence-electron chi connectivity index (χ0n) is 7.89. The summed E-state index contributed by atoms with van der Waals surface area (Å²) in [5.41, 5.74) is 0. The molecule has 82 valence electrons. The van der Waals surface area contributed by atoms with Crippen molar-refractivity contribution in [3.63, 3.8) is 0 Å². The van der Waals surface area contributed by atoms with Gasteiger partial charge in [0, 0.05) is 10.1 Å². The Bertz CT molecular complexity index is 331. The van der Waals surface area contributed by atoms with Crippen molar-refractivity contribution in [1.29, 1.82) is 0 Å². The topological polar surface area (TPSA) is 49.8 Å². The van der Waals surface area contributed by atoms with Gasteiger partial charge in [0.05, 0.1) is 13.1 Å². The Balaban J connectivity index is 2.41. The van der Waals surface area contributed by atoms with E-state index in [1.165, 1.54) is 11.3 Å². The minimum atomic E-state index is 0.471. The predicted molar refractivity (Wildman–Crippen MR) is 66.9 cm³/mol. The first-order valence-electron chi connectivity index (χ1n) is 4.05. The normalized spacial score (nSPS) is 9.73. The first-order valence-corrected chi connectivity index (χ1v) is 5.63. The van der Waals surface area contributed by atoms with E-state index in [1.54, 1.807) is 0 Å². The van der Waals surface area contributed by atoms with Gasteiger partial charge in [-0.05, 0) is 0 Å². The van der Waals surface area contributed by atoms with Gasteiger partial charge in [0.15, 0.2) is 0 Å². The van der Waals surface area contributed by atoms with Gasteiger partial charge < -0.3 is 10.6 Å². The van der Waals surface area contributed by atoms with Crippen LogP contribution >= 0.6 is 34.5 Å². The van der Waals surface area contributed by atoms with Crippen LogP contribution in [0.3, 0.4) is 0 Å². The molecule has 1 rings (SSSR count). The summed E-state index contributed by atoms with van der Waals surface area (Å²) in [5, 5.41) is 16.1. The van der Waals surface area contributed by atoms with Crippen molar-refractivity contribution in [2.45, 2.75) is 0 Å². The summed E-state index contributed by atoms with van der Waals surface area (Å²) in [6, 6.07) is 0. The number of hydrogen-bond acceptors (Lipinski definition) is 5. The number of nitrogens with zero attached hydrogens (tertiary/aromatic N) is 2. The Labute approximate surface area is 102 Å². The third kappa shape index (κ3) is 5.01. The van der Waals surface area contributed by atoms with Gasteiger partial charge in [-0.3, -0.25) is 0 Å². The van der Waals surface area contributed by atoms with Gasteiger partial charge in [0.1, 0.15) is 0 Å². The van der Waals surface area contributed by atoms with Crippen molar-refractivity contribution in [3.05, 3.63) is 23.2 Å². The van der Waals surface area contributed by atoms with Gasteiger partial charge in [-0.2, -0.15) is 0 Å². The van der Waals surface area contributed by atoms with Gasteiger partial charge in [-0.25, -0.2) is 0 Å². The lowest BCUT2D eigenvalue weighted by atomic mass is 10.6. The molecule has 0 aliphatic heterocycles. The molecule has 0 bridgehead atoms. The third-order valence-electron chi connectivity index (χ3n) is 1.29. The van der Waals surface area contributed by atoms with Crippen LogP contribution in [0, 0.1) is 0 Å². The van der Waals surface area contributed by atoms with Crippen LogP contribution in [-0.2, 0) is 0 Å². The van der Waals surface area contributed by atoms with E-state index < -0.39 is 0 Å². The number of halogens is 2. The second-order valence-corrected chi connectivity index (χ2v) is 4.70. The van der Waals surface area contributed by atoms with Gasteiger partial charge in [0.2, 0.25) is 10.3 Å². The molecule has 1 aromatic rings. The molecule has 0 atom stereocenters. The molecular formula is C8H10Cl2N4S. The van der Waals surface area contributed by atoms with Crippen molar-refractivity contribution >= 4 is 44.8 Å². The van der Waals surface area contributed by atoms with Crippen molar-refractivity contribution in [3.8, 4) is 0 Å². The highest BCUT2D eigenvalue weighted by Gasteiger charge is 2.02. The lowest BCUT2D eigenvalue weighted by molar-refractivity contribution is 1.07. The molecule has 1 heterocycles. The maximum absolute atomic E-state index is 5.59. The third-order valence-corrected chi connectivity index (χ3v) is 2.39. The molecule has 0 unspecified atom stereocenters. The Morgan fingerprint density at radius 2 is 1.47 bits per heavy atom. The van der Waals surface area contributed by atoms with Gasteiger partial charge in [-0.15, -0.1) is 10.2 Å². The van der Waals surface area contributed by atoms with Crippen LogP contribution in [-0.4, -0.2) is 23.3 Å². The van der Waals surface area contributed by atoms with Gasteiger partial charge in [-0.1, -0.05) is 47.7 Å². The van der Waals surface area contributed by atoms with Gasteiger partial charge in [0.25, 0.3) is 0 Å². The highest BCUT2D eigenvalue weighted by molar-refractivity contribution is 7.19. The molecule has 0 radical (unpaired) electrons. The van der Waals surface area contributed by atoms with Crippen LogP contribution in [0.25, 0.3) is 0 Å². The number of aromatic nitrogens is 2. The lowest BCUT2D eigenvalue weighted by Crippen LogP contribution is -1.99. The Morgan fingerprint density at radius 3 is 1.80 bits per heavy atom. The lowest BCUT2D eigenvalue weighted by Gasteiger charge is -1.98. The summed E-state index contributed by atoms with van der Waals surface area (Å²) in [4.78, 5) is 0. The smallest absolute Gasteiger partial charge is 0.207 e. The Morgan fingerprint density at radius 1 is 1.07 bits per heavy atom. The zero-order valence-corrected chi connectivity index (χ0v) is 10.2. The molecule has 2 N–H and O–H groups in total. The van der Waals surface area contributed by atoms with Crippen LogP contribution in [0.15, 0.2) is 23.2 Å². The molecule has 0 aliphatic rings. The molecule has 7 heteroatoms. The standard InChI is InChI=1S/C8H10Cl2N4S/c1-5(9)3-11-7-13-14-8(15-7)12-4-6(2)10/h1-4H2,(H,11,13)(H,12,14). The maximum atomic E-state index is 5.59. The highest BCUT2D eigenvalue weighted by Crippen LogP contribution is 2.20.